The van der Waals surface area contributed by atoms with E-state index < -0.39 is 5.97 Å². The molecule has 1 amide bonds. The Balaban J connectivity index is 2.05. The molecule has 1 unspecified atom stereocenters. The van der Waals surface area contributed by atoms with Crippen molar-refractivity contribution in [2.24, 2.45) is 0 Å². The second-order valence-electron chi connectivity index (χ2n) is 4.75. The number of benzene rings is 1. The van der Waals surface area contributed by atoms with E-state index in [9.17, 15) is 9.59 Å². The highest BCUT2D eigenvalue weighted by Crippen LogP contribution is 2.28. The SMILES string of the molecule is CCC(C)OCC(=O)Nc1ccc2sc(C(=O)O)cc2c1. The van der Waals surface area contributed by atoms with E-state index >= 15 is 0 Å². The predicted molar refractivity (Wildman–Crippen MR) is 83.1 cm³/mol. The van der Waals surface area contributed by atoms with Crippen LogP contribution in [-0.4, -0.2) is 29.7 Å². The molecule has 2 N–H and O–H groups in total. The number of ether oxygens (including phenoxy) is 1. The Labute approximate surface area is 126 Å². The maximum Gasteiger partial charge on any atom is 0.345 e. The van der Waals surface area contributed by atoms with Crippen LogP contribution in [0, 0.1) is 0 Å². The standard InChI is InChI=1S/C15H17NO4S/c1-3-9(2)20-8-14(17)16-11-4-5-12-10(6-11)7-13(21-12)15(18)19/h4-7,9H,3,8H2,1-2H3,(H,16,17)(H,18,19). The number of carboxylic acid groups (broad SMARTS) is 1. The van der Waals surface area contributed by atoms with E-state index in [0.29, 0.717) is 5.69 Å². The van der Waals surface area contributed by atoms with Gasteiger partial charge in [0.15, 0.2) is 0 Å². The summed E-state index contributed by atoms with van der Waals surface area (Å²) < 4.78 is 6.24. The average Bonchev–Trinajstić information content (AvgIpc) is 2.88. The summed E-state index contributed by atoms with van der Waals surface area (Å²) in [6, 6.07) is 6.93. The van der Waals surface area contributed by atoms with Crippen molar-refractivity contribution in [3.63, 3.8) is 0 Å². The number of carbonyl (C=O) groups excluding carboxylic acids is 1. The third kappa shape index (κ3) is 4.03. The molecule has 1 heterocycles. The van der Waals surface area contributed by atoms with Crippen molar-refractivity contribution >= 4 is 39.0 Å². The molecule has 6 heteroatoms. The molecular weight excluding hydrogens is 290 g/mol. The number of hydrogen-bond donors (Lipinski definition) is 2. The summed E-state index contributed by atoms with van der Waals surface area (Å²) in [4.78, 5) is 23.0. The normalized spacial score (nSPS) is 12.3. The Morgan fingerprint density at radius 3 is 2.81 bits per heavy atom. The lowest BCUT2D eigenvalue weighted by atomic mass is 10.2. The van der Waals surface area contributed by atoms with Gasteiger partial charge in [-0.05, 0) is 43.0 Å². The number of amides is 1. The highest BCUT2D eigenvalue weighted by molar-refractivity contribution is 7.20. The quantitative estimate of drug-likeness (QED) is 0.858. The van der Waals surface area contributed by atoms with Crippen molar-refractivity contribution in [1.29, 1.82) is 0 Å². The zero-order valence-corrected chi connectivity index (χ0v) is 12.7. The monoisotopic (exact) mass is 307 g/mol. The molecule has 1 aromatic heterocycles. The summed E-state index contributed by atoms with van der Waals surface area (Å²) in [7, 11) is 0. The van der Waals surface area contributed by atoms with E-state index in [4.69, 9.17) is 9.84 Å². The van der Waals surface area contributed by atoms with Gasteiger partial charge in [-0.15, -0.1) is 11.3 Å². The molecule has 1 aromatic carbocycles. The highest BCUT2D eigenvalue weighted by atomic mass is 32.1. The topological polar surface area (TPSA) is 75.6 Å². The van der Waals surface area contributed by atoms with Gasteiger partial charge in [0.1, 0.15) is 11.5 Å². The summed E-state index contributed by atoms with van der Waals surface area (Å²) in [6.07, 6.45) is 0.903. The molecule has 112 valence electrons. The summed E-state index contributed by atoms with van der Waals surface area (Å²) in [5.74, 6) is -1.16. The van der Waals surface area contributed by atoms with Gasteiger partial charge < -0.3 is 15.2 Å². The number of nitrogens with one attached hydrogen (secondary N) is 1. The van der Waals surface area contributed by atoms with Gasteiger partial charge in [0, 0.05) is 10.4 Å². The number of fused-ring (bicyclic) bond motifs is 1. The molecule has 2 aromatic rings. The molecule has 0 aliphatic carbocycles. The first-order chi connectivity index (χ1) is 9.99. The highest BCUT2D eigenvalue weighted by Gasteiger charge is 2.10. The first-order valence-corrected chi connectivity index (χ1v) is 7.49. The Morgan fingerprint density at radius 1 is 1.38 bits per heavy atom. The minimum atomic E-state index is -0.941. The van der Waals surface area contributed by atoms with Crippen LogP contribution >= 0.6 is 11.3 Å². The Kier molecular flexibility index (Phi) is 4.93. The molecule has 0 saturated heterocycles. The van der Waals surface area contributed by atoms with Gasteiger partial charge in [0.25, 0.3) is 0 Å². The van der Waals surface area contributed by atoms with Crippen LogP contribution in [0.25, 0.3) is 10.1 Å². The zero-order chi connectivity index (χ0) is 15.4. The zero-order valence-electron chi connectivity index (χ0n) is 11.9. The van der Waals surface area contributed by atoms with Gasteiger partial charge in [0.05, 0.1) is 6.10 Å². The van der Waals surface area contributed by atoms with E-state index in [1.54, 1.807) is 24.3 Å². The molecule has 2 rings (SSSR count). The van der Waals surface area contributed by atoms with Crippen LogP contribution in [0.5, 0.6) is 0 Å². The number of carbonyl (C=O) groups is 2. The predicted octanol–water partition coefficient (Wildman–Crippen LogP) is 3.35. The van der Waals surface area contributed by atoms with E-state index in [2.05, 4.69) is 5.32 Å². The second-order valence-corrected chi connectivity index (χ2v) is 5.83. The van der Waals surface area contributed by atoms with Gasteiger partial charge in [0.2, 0.25) is 5.91 Å². The molecule has 0 aliphatic rings. The Morgan fingerprint density at radius 2 is 2.14 bits per heavy atom. The van der Waals surface area contributed by atoms with Crippen LogP contribution in [-0.2, 0) is 9.53 Å². The molecule has 0 fully saturated rings. The molecule has 0 saturated carbocycles. The van der Waals surface area contributed by atoms with E-state index in [0.717, 1.165) is 16.5 Å². The lowest BCUT2D eigenvalue weighted by Gasteiger charge is -2.10. The lowest BCUT2D eigenvalue weighted by Crippen LogP contribution is -2.21. The van der Waals surface area contributed by atoms with Crippen LogP contribution in [0.3, 0.4) is 0 Å². The summed E-state index contributed by atoms with van der Waals surface area (Å²) >= 11 is 1.21. The summed E-state index contributed by atoms with van der Waals surface area (Å²) in [5.41, 5.74) is 0.634. The van der Waals surface area contributed by atoms with Gasteiger partial charge in [-0.25, -0.2) is 4.79 Å². The van der Waals surface area contributed by atoms with Crippen LogP contribution in [0.1, 0.15) is 29.9 Å². The fourth-order valence-corrected chi connectivity index (χ4v) is 2.64. The number of hydrogen-bond acceptors (Lipinski definition) is 4. The van der Waals surface area contributed by atoms with Crippen LogP contribution in [0.2, 0.25) is 0 Å². The minimum absolute atomic E-state index is 0.0110. The van der Waals surface area contributed by atoms with Crippen molar-refractivity contribution in [2.45, 2.75) is 26.4 Å². The Hall–Kier alpha value is -1.92. The van der Waals surface area contributed by atoms with E-state index in [1.807, 2.05) is 13.8 Å². The summed E-state index contributed by atoms with van der Waals surface area (Å²) in [5, 5.41) is 12.5. The Bertz CT molecular complexity index is 665. The van der Waals surface area contributed by atoms with Gasteiger partial charge >= 0.3 is 5.97 Å². The van der Waals surface area contributed by atoms with Crippen LogP contribution in [0.15, 0.2) is 24.3 Å². The van der Waals surface area contributed by atoms with Crippen LogP contribution in [0.4, 0.5) is 5.69 Å². The largest absolute Gasteiger partial charge is 0.477 e. The third-order valence-electron chi connectivity index (χ3n) is 3.08. The summed E-state index contributed by atoms with van der Waals surface area (Å²) in [6.45, 7) is 3.92. The van der Waals surface area contributed by atoms with Crippen molar-refractivity contribution in [3.05, 3.63) is 29.1 Å². The molecule has 5 nitrogen and oxygen atoms in total. The lowest BCUT2D eigenvalue weighted by molar-refractivity contribution is -0.122. The van der Waals surface area contributed by atoms with Crippen LogP contribution < -0.4 is 5.32 Å². The molecule has 0 aliphatic heterocycles. The average molecular weight is 307 g/mol. The number of thiophene rings is 1. The first kappa shape index (κ1) is 15.5. The molecule has 0 radical (unpaired) electrons. The number of carboxylic acids is 1. The van der Waals surface area contributed by atoms with Crippen molar-refractivity contribution in [2.75, 3.05) is 11.9 Å². The fraction of sp³-hybridized carbons (Fsp3) is 0.333. The van der Waals surface area contributed by atoms with E-state index in [1.165, 1.54) is 11.3 Å². The number of rotatable bonds is 6. The molecular formula is C15H17NO4S. The van der Waals surface area contributed by atoms with Crippen molar-refractivity contribution in [1.82, 2.24) is 0 Å². The molecule has 0 spiro atoms. The number of anilines is 1. The van der Waals surface area contributed by atoms with Crippen molar-refractivity contribution in [3.8, 4) is 0 Å². The molecule has 21 heavy (non-hydrogen) atoms. The maximum absolute atomic E-state index is 11.8. The van der Waals surface area contributed by atoms with Gasteiger partial charge in [-0.2, -0.15) is 0 Å². The first-order valence-electron chi connectivity index (χ1n) is 6.68. The van der Waals surface area contributed by atoms with Crippen molar-refractivity contribution < 1.29 is 19.4 Å². The molecule has 1 atom stereocenters. The molecule has 0 bridgehead atoms. The smallest absolute Gasteiger partial charge is 0.345 e. The minimum Gasteiger partial charge on any atom is -0.477 e. The fourth-order valence-electron chi connectivity index (χ4n) is 1.76. The van der Waals surface area contributed by atoms with Gasteiger partial charge in [-0.3, -0.25) is 4.79 Å². The van der Waals surface area contributed by atoms with E-state index in [-0.39, 0.29) is 23.5 Å². The third-order valence-corrected chi connectivity index (χ3v) is 4.19. The maximum atomic E-state index is 11.8. The van der Waals surface area contributed by atoms with Gasteiger partial charge in [-0.1, -0.05) is 6.92 Å². The number of aromatic carboxylic acids is 1. The second kappa shape index (κ2) is 6.69.